The van der Waals surface area contributed by atoms with E-state index < -0.39 is 0 Å². The SMILES string of the molecule is O=C(C1=C2C=CC=CC2N(O)C=C1)N1CCN(Cc2cnc[nH]2)c2ccc(-c3ccccc3)cc2C1. The summed E-state index contributed by atoms with van der Waals surface area (Å²) < 4.78 is 0. The molecule has 2 aliphatic heterocycles. The van der Waals surface area contributed by atoms with Crippen molar-refractivity contribution >= 4 is 11.6 Å². The Morgan fingerprint density at radius 2 is 1.94 bits per heavy atom. The zero-order valence-corrected chi connectivity index (χ0v) is 19.8. The monoisotopic (exact) mass is 477 g/mol. The van der Waals surface area contributed by atoms with Crippen LogP contribution < -0.4 is 4.90 Å². The van der Waals surface area contributed by atoms with Crippen LogP contribution in [0.4, 0.5) is 5.69 Å². The number of amides is 1. The third-order valence-corrected chi connectivity index (χ3v) is 6.95. The number of nitrogens with one attached hydrogen (secondary N) is 1. The number of nitrogens with zero attached hydrogens (tertiary/aromatic N) is 4. The molecular weight excluding hydrogens is 450 g/mol. The Bertz CT molecular complexity index is 1390. The number of benzene rings is 2. The molecule has 1 amide bonds. The molecule has 3 aliphatic rings. The third-order valence-electron chi connectivity index (χ3n) is 6.95. The lowest BCUT2D eigenvalue weighted by Gasteiger charge is -2.31. The van der Waals surface area contributed by atoms with Crippen LogP contribution in [0.3, 0.4) is 0 Å². The van der Waals surface area contributed by atoms with E-state index in [-0.39, 0.29) is 11.9 Å². The standard InChI is InChI=1S/C29H27N5O2/c35-29(26-12-13-34(36)28-9-5-4-8-25(26)28)33-15-14-32(19-24-17-30-20-31-24)27-11-10-22(16-23(27)18-33)21-6-2-1-3-7-21/h1-13,16-17,20,28,36H,14-15,18-19H2,(H,30,31). The number of carbonyl (C=O) groups is 1. The maximum atomic E-state index is 13.9. The van der Waals surface area contributed by atoms with Gasteiger partial charge in [0.05, 0.1) is 24.6 Å². The van der Waals surface area contributed by atoms with Crippen LogP contribution >= 0.6 is 0 Å². The van der Waals surface area contributed by atoms with E-state index in [0.29, 0.717) is 31.8 Å². The van der Waals surface area contributed by atoms with E-state index in [1.807, 2.05) is 53.6 Å². The molecule has 1 unspecified atom stereocenters. The first-order chi connectivity index (χ1) is 17.7. The molecule has 0 saturated heterocycles. The number of H-pyrrole nitrogens is 1. The number of aromatic amines is 1. The number of anilines is 1. The minimum Gasteiger partial charge on any atom is -0.364 e. The number of imidazole rings is 1. The van der Waals surface area contributed by atoms with Gasteiger partial charge in [-0.25, -0.2) is 4.98 Å². The third kappa shape index (κ3) is 4.14. The molecule has 1 atom stereocenters. The molecule has 0 radical (unpaired) electrons. The van der Waals surface area contributed by atoms with Gasteiger partial charge in [0.2, 0.25) is 0 Å². The smallest absolute Gasteiger partial charge is 0.254 e. The molecule has 180 valence electrons. The van der Waals surface area contributed by atoms with E-state index in [1.54, 1.807) is 18.6 Å². The average Bonchev–Trinajstić information content (AvgIpc) is 3.37. The van der Waals surface area contributed by atoms with E-state index in [0.717, 1.165) is 38.7 Å². The summed E-state index contributed by atoms with van der Waals surface area (Å²) in [6.45, 7) is 2.47. The summed E-state index contributed by atoms with van der Waals surface area (Å²) in [5, 5.41) is 11.4. The maximum absolute atomic E-state index is 13.9. The molecule has 0 fully saturated rings. The Hall–Kier alpha value is -4.36. The molecule has 0 spiro atoms. The van der Waals surface area contributed by atoms with Gasteiger partial charge in [0.1, 0.15) is 0 Å². The quantitative estimate of drug-likeness (QED) is 0.581. The van der Waals surface area contributed by atoms with Gasteiger partial charge < -0.3 is 14.8 Å². The number of fused-ring (bicyclic) bond motifs is 2. The Morgan fingerprint density at radius 3 is 2.78 bits per heavy atom. The molecule has 0 bridgehead atoms. The number of hydrogen-bond donors (Lipinski definition) is 2. The second kappa shape index (κ2) is 9.36. The summed E-state index contributed by atoms with van der Waals surface area (Å²) in [6, 6.07) is 16.5. The summed E-state index contributed by atoms with van der Waals surface area (Å²) in [6.07, 6.45) is 14.4. The molecule has 1 aromatic heterocycles. The zero-order chi connectivity index (χ0) is 24.5. The molecule has 6 rings (SSSR count). The molecule has 7 heteroatoms. The number of rotatable bonds is 4. The fourth-order valence-corrected chi connectivity index (χ4v) is 5.11. The Labute approximate surface area is 209 Å². The van der Waals surface area contributed by atoms with Gasteiger partial charge in [-0.05, 0) is 40.5 Å². The molecule has 2 N–H and O–H groups in total. The number of carbonyl (C=O) groups excluding carboxylic acids is 1. The van der Waals surface area contributed by atoms with Crippen molar-refractivity contribution in [2.24, 2.45) is 0 Å². The highest BCUT2D eigenvalue weighted by Crippen LogP contribution is 2.33. The number of aromatic nitrogens is 2. The van der Waals surface area contributed by atoms with Crippen LogP contribution in [0, 0.1) is 0 Å². The Kier molecular flexibility index (Phi) is 5.75. The van der Waals surface area contributed by atoms with Gasteiger partial charge in [-0.1, -0.05) is 60.7 Å². The minimum absolute atomic E-state index is 0.0289. The van der Waals surface area contributed by atoms with Crippen LogP contribution in [-0.2, 0) is 17.9 Å². The van der Waals surface area contributed by atoms with Crippen molar-refractivity contribution in [3.8, 4) is 11.1 Å². The normalized spacial score (nSPS) is 18.8. The van der Waals surface area contributed by atoms with Crippen molar-refractivity contribution in [2.45, 2.75) is 19.1 Å². The van der Waals surface area contributed by atoms with Gasteiger partial charge in [0.15, 0.2) is 0 Å². The van der Waals surface area contributed by atoms with E-state index in [2.05, 4.69) is 45.2 Å². The lowest BCUT2D eigenvalue weighted by Crippen LogP contribution is -2.39. The van der Waals surface area contributed by atoms with Crippen LogP contribution in [0.5, 0.6) is 0 Å². The summed E-state index contributed by atoms with van der Waals surface area (Å²) in [5.74, 6) is -0.0289. The molecule has 0 saturated carbocycles. The molecule has 36 heavy (non-hydrogen) atoms. The van der Waals surface area contributed by atoms with Crippen molar-refractivity contribution in [3.63, 3.8) is 0 Å². The van der Waals surface area contributed by atoms with Gasteiger partial charge in [-0.3, -0.25) is 15.1 Å². The lowest BCUT2D eigenvalue weighted by atomic mass is 9.93. The van der Waals surface area contributed by atoms with Gasteiger partial charge >= 0.3 is 0 Å². The van der Waals surface area contributed by atoms with Crippen LogP contribution in [0.1, 0.15) is 11.3 Å². The highest BCUT2D eigenvalue weighted by molar-refractivity contribution is 5.98. The summed E-state index contributed by atoms with van der Waals surface area (Å²) in [7, 11) is 0. The van der Waals surface area contributed by atoms with Crippen LogP contribution in [0.2, 0.25) is 0 Å². The maximum Gasteiger partial charge on any atom is 0.254 e. The van der Waals surface area contributed by atoms with E-state index >= 15 is 0 Å². The highest BCUT2D eigenvalue weighted by atomic mass is 16.5. The predicted molar refractivity (Wildman–Crippen MR) is 139 cm³/mol. The highest BCUT2D eigenvalue weighted by Gasteiger charge is 2.30. The Morgan fingerprint density at radius 1 is 1.06 bits per heavy atom. The van der Waals surface area contributed by atoms with Crippen molar-refractivity contribution in [2.75, 3.05) is 18.0 Å². The molecular formula is C29H27N5O2. The largest absolute Gasteiger partial charge is 0.364 e. The molecule has 7 nitrogen and oxygen atoms in total. The van der Waals surface area contributed by atoms with E-state index in [4.69, 9.17) is 0 Å². The van der Waals surface area contributed by atoms with Gasteiger partial charge in [-0.15, -0.1) is 0 Å². The number of allylic oxidation sites excluding steroid dienone is 2. The van der Waals surface area contributed by atoms with Gasteiger partial charge in [-0.2, -0.15) is 0 Å². The van der Waals surface area contributed by atoms with Gasteiger partial charge in [0.25, 0.3) is 5.91 Å². The van der Waals surface area contributed by atoms with Gasteiger partial charge in [0, 0.05) is 43.3 Å². The zero-order valence-electron chi connectivity index (χ0n) is 19.8. The predicted octanol–water partition coefficient (Wildman–Crippen LogP) is 4.44. The topological polar surface area (TPSA) is 75.7 Å². The van der Waals surface area contributed by atoms with Crippen LogP contribution in [0.25, 0.3) is 11.1 Å². The first-order valence-electron chi connectivity index (χ1n) is 12.1. The van der Waals surface area contributed by atoms with E-state index in [9.17, 15) is 10.0 Å². The fourth-order valence-electron chi connectivity index (χ4n) is 5.11. The van der Waals surface area contributed by atoms with Crippen molar-refractivity contribution in [1.29, 1.82) is 0 Å². The molecule has 2 aromatic carbocycles. The average molecular weight is 478 g/mol. The van der Waals surface area contributed by atoms with E-state index in [1.165, 1.54) is 0 Å². The summed E-state index contributed by atoms with van der Waals surface area (Å²) in [5.41, 5.74) is 6.95. The first kappa shape index (κ1) is 22.1. The number of hydroxylamine groups is 2. The number of hydrogen-bond acceptors (Lipinski definition) is 5. The minimum atomic E-state index is -0.347. The second-order valence-electron chi connectivity index (χ2n) is 9.19. The van der Waals surface area contributed by atoms with Crippen molar-refractivity contribution < 1.29 is 10.0 Å². The van der Waals surface area contributed by atoms with Crippen molar-refractivity contribution in [3.05, 3.63) is 120 Å². The van der Waals surface area contributed by atoms with Crippen LogP contribution in [0.15, 0.2) is 109 Å². The first-order valence-corrected chi connectivity index (χ1v) is 12.1. The fraction of sp³-hybridized carbons (Fsp3) is 0.172. The summed E-state index contributed by atoms with van der Waals surface area (Å²) >= 11 is 0. The second-order valence-corrected chi connectivity index (χ2v) is 9.19. The molecule has 3 aromatic rings. The lowest BCUT2D eigenvalue weighted by molar-refractivity contribution is -0.127. The van der Waals surface area contributed by atoms with Crippen LogP contribution in [-0.4, -0.2) is 50.2 Å². The molecule has 1 aliphatic carbocycles. The van der Waals surface area contributed by atoms with Crippen molar-refractivity contribution in [1.82, 2.24) is 19.9 Å². The molecule has 3 heterocycles. The Balaban J connectivity index is 1.36. The summed E-state index contributed by atoms with van der Waals surface area (Å²) in [4.78, 5) is 25.5.